The molecule has 1 heterocycles. The summed E-state index contributed by atoms with van der Waals surface area (Å²) in [5.74, 6) is -0.349. The van der Waals surface area contributed by atoms with Crippen molar-refractivity contribution < 1.29 is 14.3 Å². The number of nitrogens with zero attached hydrogens (tertiary/aromatic N) is 1. The Labute approximate surface area is 116 Å². The van der Waals surface area contributed by atoms with Crippen molar-refractivity contribution in [1.29, 1.82) is 0 Å². The van der Waals surface area contributed by atoms with Crippen molar-refractivity contribution in [2.75, 3.05) is 19.7 Å². The second kappa shape index (κ2) is 6.68. The van der Waals surface area contributed by atoms with Gasteiger partial charge in [0.25, 0.3) is 0 Å². The fourth-order valence-corrected chi connectivity index (χ4v) is 2.11. The van der Waals surface area contributed by atoms with E-state index in [1.807, 2.05) is 20.8 Å². The molecule has 1 aliphatic heterocycles. The van der Waals surface area contributed by atoms with Gasteiger partial charge in [0.2, 0.25) is 0 Å². The Morgan fingerprint density at radius 1 is 1.47 bits per heavy atom. The van der Waals surface area contributed by atoms with Crippen LogP contribution in [0.2, 0.25) is 0 Å². The Bertz CT molecular complexity index is 300. The minimum atomic E-state index is -0.615. The number of rotatable bonds is 4. The van der Waals surface area contributed by atoms with Crippen LogP contribution < -0.4 is 5.73 Å². The van der Waals surface area contributed by atoms with Crippen LogP contribution >= 0.6 is 0 Å². The zero-order valence-corrected chi connectivity index (χ0v) is 12.8. The van der Waals surface area contributed by atoms with E-state index in [9.17, 15) is 4.79 Å². The van der Waals surface area contributed by atoms with E-state index in [0.29, 0.717) is 19.1 Å². The highest BCUT2D eigenvalue weighted by atomic mass is 16.6. The Hall–Kier alpha value is -0.650. The van der Waals surface area contributed by atoms with Crippen LogP contribution in [0.1, 0.15) is 41.0 Å². The van der Waals surface area contributed by atoms with Gasteiger partial charge >= 0.3 is 5.97 Å². The summed E-state index contributed by atoms with van der Waals surface area (Å²) in [7, 11) is 0. The molecule has 0 amide bonds. The van der Waals surface area contributed by atoms with E-state index in [4.69, 9.17) is 15.2 Å². The average Bonchev–Trinajstić information content (AvgIpc) is 2.27. The monoisotopic (exact) mass is 272 g/mol. The normalized spacial score (nSPS) is 23.4. The third kappa shape index (κ3) is 5.89. The summed E-state index contributed by atoms with van der Waals surface area (Å²) in [5, 5.41) is 0. The second-order valence-corrected chi connectivity index (χ2v) is 6.46. The number of morpholine rings is 1. The summed E-state index contributed by atoms with van der Waals surface area (Å²) in [5.41, 5.74) is 5.41. The van der Waals surface area contributed by atoms with Crippen LogP contribution in [0.5, 0.6) is 0 Å². The van der Waals surface area contributed by atoms with Crippen molar-refractivity contribution in [1.82, 2.24) is 4.90 Å². The van der Waals surface area contributed by atoms with Gasteiger partial charge in [-0.2, -0.15) is 0 Å². The van der Waals surface area contributed by atoms with Crippen molar-refractivity contribution >= 4 is 5.97 Å². The van der Waals surface area contributed by atoms with Crippen molar-refractivity contribution in [2.24, 2.45) is 5.73 Å². The standard InChI is InChI=1S/C14H28N2O3/c1-10(2)16-6-7-18-11(9-16)8-12(15)13(17)19-14(3,4)5/h10-12H,6-9,15H2,1-5H3. The van der Waals surface area contributed by atoms with Gasteiger partial charge in [0.15, 0.2) is 0 Å². The first-order chi connectivity index (χ1) is 8.69. The van der Waals surface area contributed by atoms with E-state index in [0.717, 1.165) is 13.1 Å². The van der Waals surface area contributed by atoms with Gasteiger partial charge in [0, 0.05) is 25.6 Å². The van der Waals surface area contributed by atoms with E-state index < -0.39 is 11.6 Å². The van der Waals surface area contributed by atoms with Crippen LogP contribution in [-0.4, -0.2) is 54.4 Å². The van der Waals surface area contributed by atoms with Gasteiger partial charge in [0.1, 0.15) is 11.6 Å². The number of ether oxygens (including phenoxy) is 2. The van der Waals surface area contributed by atoms with Crippen LogP contribution in [0.3, 0.4) is 0 Å². The molecule has 1 rings (SSSR count). The number of carbonyl (C=O) groups is 1. The van der Waals surface area contributed by atoms with Crippen LogP contribution in [0, 0.1) is 0 Å². The first-order valence-corrected chi connectivity index (χ1v) is 7.03. The summed E-state index contributed by atoms with van der Waals surface area (Å²) in [4.78, 5) is 14.2. The molecule has 0 aromatic heterocycles. The van der Waals surface area contributed by atoms with Gasteiger partial charge < -0.3 is 15.2 Å². The highest BCUT2D eigenvalue weighted by Gasteiger charge is 2.28. The number of esters is 1. The molecule has 0 saturated carbocycles. The summed E-state index contributed by atoms with van der Waals surface area (Å²) < 4.78 is 11.0. The van der Waals surface area contributed by atoms with Crippen molar-refractivity contribution in [3.63, 3.8) is 0 Å². The molecule has 5 nitrogen and oxygen atoms in total. The Morgan fingerprint density at radius 3 is 2.63 bits per heavy atom. The molecule has 0 spiro atoms. The molecule has 5 heteroatoms. The van der Waals surface area contributed by atoms with E-state index in [1.54, 1.807) is 0 Å². The van der Waals surface area contributed by atoms with E-state index >= 15 is 0 Å². The molecule has 1 aliphatic rings. The molecule has 0 bridgehead atoms. The number of hydrogen-bond donors (Lipinski definition) is 1. The molecule has 0 aromatic rings. The quantitative estimate of drug-likeness (QED) is 0.778. The van der Waals surface area contributed by atoms with Gasteiger partial charge in [-0.15, -0.1) is 0 Å². The molecule has 0 aromatic carbocycles. The molecule has 2 unspecified atom stereocenters. The maximum atomic E-state index is 11.8. The number of carbonyl (C=O) groups excluding carboxylic acids is 1. The predicted molar refractivity (Wildman–Crippen MR) is 74.9 cm³/mol. The lowest BCUT2D eigenvalue weighted by Gasteiger charge is -2.36. The minimum absolute atomic E-state index is 0.0127. The lowest BCUT2D eigenvalue weighted by Crippen LogP contribution is -2.49. The van der Waals surface area contributed by atoms with E-state index in [2.05, 4.69) is 18.7 Å². The Kier molecular flexibility index (Phi) is 5.77. The fraction of sp³-hybridized carbons (Fsp3) is 0.929. The summed E-state index contributed by atoms with van der Waals surface area (Å²) in [6, 6.07) is -0.125. The van der Waals surface area contributed by atoms with Crippen molar-refractivity contribution in [2.45, 2.75) is 64.8 Å². The van der Waals surface area contributed by atoms with Crippen LogP contribution in [-0.2, 0) is 14.3 Å². The van der Waals surface area contributed by atoms with Crippen molar-refractivity contribution in [3.05, 3.63) is 0 Å². The summed E-state index contributed by atoms with van der Waals surface area (Å²) >= 11 is 0. The Balaban J connectivity index is 2.43. The molecule has 1 saturated heterocycles. The van der Waals surface area contributed by atoms with Gasteiger partial charge in [-0.1, -0.05) is 0 Å². The SMILES string of the molecule is CC(C)N1CCOC(CC(N)C(=O)OC(C)(C)C)C1. The van der Waals surface area contributed by atoms with E-state index in [1.165, 1.54) is 0 Å². The smallest absolute Gasteiger partial charge is 0.323 e. The highest BCUT2D eigenvalue weighted by molar-refractivity contribution is 5.75. The van der Waals surface area contributed by atoms with Gasteiger partial charge in [-0.3, -0.25) is 9.69 Å². The lowest BCUT2D eigenvalue weighted by molar-refractivity contribution is -0.158. The maximum Gasteiger partial charge on any atom is 0.323 e. The van der Waals surface area contributed by atoms with E-state index in [-0.39, 0.29) is 12.1 Å². The lowest BCUT2D eigenvalue weighted by atomic mass is 10.1. The molecular formula is C14H28N2O3. The topological polar surface area (TPSA) is 64.8 Å². The van der Waals surface area contributed by atoms with Gasteiger partial charge in [0.05, 0.1) is 12.7 Å². The van der Waals surface area contributed by atoms with Gasteiger partial charge in [-0.25, -0.2) is 0 Å². The molecular weight excluding hydrogens is 244 g/mol. The molecule has 1 fully saturated rings. The summed E-state index contributed by atoms with van der Waals surface area (Å²) in [6.07, 6.45) is 0.525. The van der Waals surface area contributed by atoms with Crippen LogP contribution in [0.4, 0.5) is 0 Å². The molecule has 0 radical (unpaired) electrons. The number of nitrogens with two attached hydrogens (primary N) is 1. The first-order valence-electron chi connectivity index (χ1n) is 7.03. The summed E-state index contributed by atoms with van der Waals surface area (Å²) in [6.45, 7) is 12.3. The molecule has 2 atom stereocenters. The third-order valence-corrected chi connectivity index (χ3v) is 3.13. The largest absolute Gasteiger partial charge is 0.459 e. The zero-order valence-electron chi connectivity index (χ0n) is 12.8. The third-order valence-electron chi connectivity index (χ3n) is 3.13. The number of hydrogen-bond acceptors (Lipinski definition) is 5. The molecule has 0 aliphatic carbocycles. The second-order valence-electron chi connectivity index (χ2n) is 6.46. The molecule has 112 valence electrons. The molecule has 19 heavy (non-hydrogen) atoms. The Morgan fingerprint density at radius 2 is 2.11 bits per heavy atom. The maximum absolute atomic E-state index is 11.8. The highest BCUT2D eigenvalue weighted by Crippen LogP contribution is 2.15. The van der Waals surface area contributed by atoms with Crippen LogP contribution in [0.25, 0.3) is 0 Å². The minimum Gasteiger partial charge on any atom is -0.459 e. The van der Waals surface area contributed by atoms with Crippen LogP contribution in [0.15, 0.2) is 0 Å². The van der Waals surface area contributed by atoms with Crippen molar-refractivity contribution in [3.8, 4) is 0 Å². The average molecular weight is 272 g/mol. The first kappa shape index (κ1) is 16.4. The predicted octanol–water partition coefficient (Wildman–Crippen LogP) is 1.15. The molecule has 2 N–H and O–H groups in total. The van der Waals surface area contributed by atoms with Gasteiger partial charge in [-0.05, 0) is 34.6 Å². The zero-order chi connectivity index (χ0) is 14.6. The fourth-order valence-electron chi connectivity index (χ4n) is 2.11.